The average molecular weight is 541 g/mol. The molecular weight excluding hydrogens is 513 g/mol. The Bertz CT molecular complexity index is 1210. The SMILES string of the molecule is Cc1ccnc(C(F)F)c1N1C(=O)NC(N2CCN(C(=O)OC(C)(C)C)C[C@@H]2C)=C2C=C(F)C(Cl)=NC21. The summed E-state index contributed by atoms with van der Waals surface area (Å²) in [6.45, 7) is 9.61. The zero-order valence-corrected chi connectivity index (χ0v) is 21.8. The number of alkyl halides is 2. The largest absolute Gasteiger partial charge is 0.444 e. The van der Waals surface area contributed by atoms with Crippen molar-refractivity contribution in [3.8, 4) is 0 Å². The highest BCUT2D eigenvalue weighted by Gasteiger charge is 2.43. The maximum Gasteiger partial charge on any atom is 0.410 e. The lowest BCUT2D eigenvalue weighted by Crippen LogP contribution is -2.60. The van der Waals surface area contributed by atoms with Crippen LogP contribution in [0.15, 0.2) is 40.6 Å². The van der Waals surface area contributed by atoms with E-state index < -0.39 is 47.0 Å². The van der Waals surface area contributed by atoms with Gasteiger partial charge >= 0.3 is 12.1 Å². The van der Waals surface area contributed by atoms with Crippen molar-refractivity contribution in [3.63, 3.8) is 0 Å². The molecule has 3 aliphatic rings. The molecule has 1 N–H and O–H groups in total. The average Bonchev–Trinajstić information content (AvgIpc) is 2.79. The van der Waals surface area contributed by atoms with Gasteiger partial charge in [-0.2, -0.15) is 0 Å². The van der Waals surface area contributed by atoms with Crippen molar-refractivity contribution in [2.75, 3.05) is 24.5 Å². The molecular formula is C24H28ClF3N6O3. The van der Waals surface area contributed by atoms with Gasteiger partial charge in [0.15, 0.2) is 17.2 Å². The number of hydrogen-bond acceptors (Lipinski definition) is 6. The second-order valence-corrected chi connectivity index (χ2v) is 10.4. The Hall–Kier alpha value is -3.28. The van der Waals surface area contributed by atoms with Crippen molar-refractivity contribution in [3.05, 3.63) is 46.8 Å². The molecule has 3 aliphatic heterocycles. The zero-order chi connectivity index (χ0) is 27.2. The molecule has 37 heavy (non-hydrogen) atoms. The number of amides is 3. The summed E-state index contributed by atoms with van der Waals surface area (Å²) in [5.74, 6) is -0.552. The number of halogens is 4. The number of rotatable bonds is 3. The summed E-state index contributed by atoms with van der Waals surface area (Å²) >= 11 is 5.99. The van der Waals surface area contributed by atoms with Gasteiger partial charge in [-0.25, -0.2) is 27.8 Å². The molecule has 13 heteroatoms. The van der Waals surface area contributed by atoms with Crippen LogP contribution in [0.1, 0.15) is 45.4 Å². The smallest absolute Gasteiger partial charge is 0.410 e. The molecule has 4 heterocycles. The number of carbonyl (C=O) groups excluding carboxylic acids is 2. The minimum absolute atomic E-state index is 0.122. The minimum atomic E-state index is -2.96. The van der Waals surface area contributed by atoms with Gasteiger partial charge < -0.3 is 14.5 Å². The topological polar surface area (TPSA) is 90.4 Å². The molecule has 3 amide bonds. The second kappa shape index (κ2) is 9.88. The highest BCUT2D eigenvalue weighted by Crippen LogP contribution is 2.39. The predicted molar refractivity (Wildman–Crippen MR) is 132 cm³/mol. The van der Waals surface area contributed by atoms with Gasteiger partial charge in [0, 0.05) is 37.4 Å². The number of aromatic nitrogens is 1. The molecule has 0 bridgehead atoms. The number of aryl methyl sites for hydroxylation is 1. The standard InChI is InChI=1S/C24H28ClF3N6O3/c1-12-6-7-29-16(19(27)28)17(12)34-21-14(10-15(26)18(25)30-21)20(31-22(34)35)33-9-8-32(11-13(33)2)23(36)37-24(3,4)5/h6-7,10,13,19,21H,8-9,11H2,1-5H3,(H,31,35)/t13-,21?/m0/s1. The first-order valence-corrected chi connectivity index (χ1v) is 12.1. The minimum Gasteiger partial charge on any atom is -0.444 e. The van der Waals surface area contributed by atoms with Crippen LogP contribution >= 0.6 is 11.6 Å². The van der Waals surface area contributed by atoms with Gasteiger partial charge in [-0.05, 0) is 52.3 Å². The highest BCUT2D eigenvalue weighted by atomic mass is 35.5. The molecule has 1 aromatic rings. The predicted octanol–water partition coefficient (Wildman–Crippen LogP) is 4.84. The molecule has 1 unspecified atom stereocenters. The number of urea groups is 1. The number of anilines is 1. The number of pyridine rings is 1. The third-order valence-corrected chi connectivity index (χ3v) is 6.40. The highest BCUT2D eigenvalue weighted by molar-refractivity contribution is 6.69. The number of fused-ring (bicyclic) bond motifs is 1. The summed E-state index contributed by atoms with van der Waals surface area (Å²) in [5, 5.41) is 2.26. The fourth-order valence-electron chi connectivity index (χ4n) is 4.53. The number of allylic oxidation sites excluding steroid dienone is 1. The van der Waals surface area contributed by atoms with Crippen LogP contribution in [0, 0.1) is 6.92 Å². The first kappa shape index (κ1) is 26.8. The Kier molecular flexibility index (Phi) is 7.15. The number of nitrogens with zero attached hydrogens (tertiary/aromatic N) is 5. The maximum atomic E-state index is 14.6. The van der Waals surface area contributed by atoms with Crippen molar-refractivity contribution < 1.29 is 27.5 Å². The fraction of sp³-hybridized carbons (Fsp3) is 0.500. The van der Waals surface area contributed by atoms with Gasteiger partial charge in [-0.15, -0.1) is 0 Å². The Morgan fingerprint density at radius 1 is 1.30 bits per heavy atom. The van der Waals surface area contributed by atoms with Gasteiger partial charge in [-0.3, -0.25) is 15.2 Å². The van der Waals surface area contributed by atoms with Crippen LogP contribution in [0.3, 0.4) is 0 Å². The Labute approximate surface area is 217 Å². The van der Waals surface area contributed by atoms with E-state index in [1.807, 2.05) is 11.8 Å². The molecule has 0 saturated carbocycles. The number of nitrogens with one attached hydrogen (secondary N) is 1. The van der Waals surface area contributed by atoms with Crippen LogP contribution in [0.2, 0.25) is 0 Å². The van der Waals surface area contributed by atoms with Crippen LogP contribution in [0.5, 0.6) is 0 Å². The molecule has 9 nitrogen and oxygen atoms in total. The van der Waals surface area contributed by atoms with Crippen LogP contribution in [-0.2, 0) is 4.74 Å². The van der Waals surface area contributed by atoms with Crippen LogP contribution in [-0.4, -0.2) is 69.5 Å². The monoisotopic (exact) mass is 540 g/mol. The summed E-state index contributed by atoms with van der Waals surface area (Å²) in [5.41, 5.74) is -0.771. The van der Waals surface area contributed by atoms with Crippen molar-refractivity contribution in [2.24, 2.45) is 4.99 Å². The summed E-state index contributed by atoms with van der Waals surface area (Å²) in [4.78, 5) is 38.3. The van der Waals surface area contributed by atoms with E-state index in [1.54, 1.807) is 32.6 Å². The summed E-state index contributed by atoms with van der Waals surface area (Å²) in [6.07, 6.45) is -2.25. The number of dihydropyridines is 1. The Balaban J connectivity index is 1.72. The van der Waals surface area contributed by atoms with Crippen molar-refractivity contribution >= 4 is 34.6 Å². The molecule has 1 saturated heterocycles. The first-order chi connectivity index (χ1) is 17.3. The lowest BCUT2D eigenvalue weighted by atomic mass is 10.0. The van der Waals surface area contributed by atoms with E-state index >= 15 is 0 Å². The molecule has 0 spiro atoms. The molecule has 0 aliphatic carbocycles. The van der Waals surface area contributed by atoms with E-state index in [0.717, 1.165) is 11.0 Å². The number of aliphatic imine (C=N–C) groups is 1. The number of carbonyl (C=O) groups is 2. The van der Waals surface area contributed by atoms with E-state index in [0.29, 0.717) is 12.1 Å². The van der Waals surface area contributed by atoms with Gasteiger partial charge in [0.1, 0.15) is 17.1 Å². The molecule has 1 fully saturated rings. The second-order valence-electron chi connectivity index (χ2n) is 10.0. The van der Waals surface area contributed by atoms with Gasteiger partial charge in [0.25, 0.3) is 6.43 Å². The molecule has 4 rings (SSSR count). The first-order valence-electron chi connectivity index (χ1n) is 11.7. The molecule has 1 aromatic heterocycles. The van der Waals surface area contributed by atoms with Gasteiger partial charge in [-0.1, -0.05) is 11.6 Å². The third-order valence-electron chi connectivity index (χ3n) is 6.12. The van der Waals surface area contributed by atoms with Crippen molar-refractivity contribution in [1.29, 1.82) is 0 Å². The van der Waals surface area contributed by atoms with E-state index in [-0.39, 0.29) is 36.2 Å². The Morgan fingerprint density at radius 2 is 2.00 bits per heavy atom. The van der Waals surface area contributed by atoms with Crippen molar-refractivity contribution in [1.82, 2.24) is 20.1 Å². The third kappa shape index (κ3) is 5.25. The summed E-state index contributed by atoms with van der Waals surface area (Å²) in [6, 6.07) is 0.453. The van der Waals surface area contributed by atoms with Crippen LogP contribution in [0.25, 0.3) is 0 Å². The number of ether oxygens (including phenoxy) is 1. The van der Waals surface area contributed by atoms with E-state index in [2.05, 4.69) is 15.3 Å². The van der Waals surface area contributed by atoms with E-state index in [1.165, 1.54) is 12.3 Å². The lowest BCUT2D eigenvalue weighted by molar-refractivity contribution is 0.00924. The molecule has 2 atom stereocenters. The van der Waals surface area contributed by atoms with E-state index in [4.69, 9.17) is 16.3 Å². The maximum absolute atomic E-state index is 14.6. The summed E-state index contributed by atoms with van der Waals surface area (Å²) < 4.78 is 47.8. The summed E-state index contributed by atoms with van der Waals surface area (Å²) in [7, 11) is 0. The zero-order valence-electron chi connectivity index (χ0n) is 21.1. The van der Waals surface area contributed by atoms with Gasteiger partial charge in [0.05, 0.1) is 5.69 Å². The quantitative estimate of drug-likeness (QED) is 0.592. The fourth-order valence-corrected chi connectivity index (χ4v) is 4.68. The molecule has 200 valence electrons. The normalized spacial score (nSPS) is 22.5. The van der Waals surface area contributed by atoms with Gasteiger partial charge in [0.2, 0.25) is 0 Å². The molecule has 0 aromatic carbocycles. The lowest BCUT2D eigenvalue weighted by Gasteiger charge is -2.46. The number of hydrogen-bond donors (Lipinski definition) is 1. The number of piperazine rings is 1. The van der Waals surface area contributed by atoms with Crippen LogP contribution in [0.4, 0.5) is 28.4 Å². The molecule has 0 radical (unpaired) electrons. The van der Waals surface area contributed by atoms with E-state index in [9.17, 15) is 22.8 Å². The van der Waals surface area contributed by atoms with Crippen molar-refractivity contribution in [2.45, 2.75) is 58.9 Å². The Morgan fingerprint density at radius 3 is 2.62 bits per heavy atom. The van der Waals surface area contributed by atoms with Crippen LogP contribution < -0.4 is 10.2 Å².